The van der Waals surface area contributed by atoms with E-state index in [1.54, 1.807) is 24.3 Å². The molecule has 0 heterocycles. The molecule has 1 rings (SSSR count). The van der Waals surface area contributed by atoms with Gasteiger partial charge in [0.1, 0.15) is 0 Å². The molecular formula is C10H10N2O4. The van der Waals surface area contributed by atoms with E-state index < -0.39 is 17.2 Å². The Morgan fingerprint density at radius 1 is 1.44 bits per heavy atom. The fraction of sp³-hybridized carbons (Fsp3) is 0.100. The van der Waals surface area contributed by atoms with E-state index in [9.17, 15) is 14.9 Å². The zero-order valence-electron chi connectivity index (χ0n) is 8.28. The maximum atomic E-state index is 10.5. The first-order valence-electron chi connectivity index (χ1n) is 4.42. The molecule has 0 spiro atoms. The van der Waals surface area contributed by atoms with E-state index in [4.69, 9.17) is 5.73 Å². The fourth-order valence-electron chi connectivity index (χ4n) is 1.03. The van der Waals surface area contributed by atoms with Crippen LogP contribution in [0, 0.1) is 10.1 Å². The minimum atomic E-state index is -1.56. The minimum Gasteiger partial charge on any atom is -0.378 e. The van der Waals surface area contributed by atoms with Gasteiger partial charge in [0, 0.05) is 6.08 Å². The Balaban J connectivity index is 2.72. The molecule has 6 heteroatoms. The number of primary amides is 1. The summed E-state index contributed by atoms with van der Waals surface area (Å²) >= 11 is 0. The average molecular weight is 222 g/mol. The van der Waals surface area contributed by atoms with Crippen LogP contribution in [0.1, 0.15) is 5.56 Å². The van der Waals surface area contributed by atoms with Crippen molar-refractivity contribution in [2.45, 2.75) is 6.23 Å². The molecule has 16 heavy (non-hydrogen) atoms. The second kappa shape index (κ2) is 5.50. The summed E-state index contributed by atoms with van der Waals surface area (Å²) in [4.78, 5) is 20.1. The molecule has 0 radical (unpaired) electrons. The molecule has 0 aliphatic carbocycles. The number of nitrogens with two attached hydrogens (primary N) is 1. The molecule has 0 aliphatic heterocycles. The number of amides is 1. The molecule has 1 aromatic rings. The van der Waals surface area contributed by atoms with Crippen molar-refractivity contribution in [3.8, 4) is 0 Å². The molecule has 0 aliphatic rings. The van der Waals surface area contributed by atoms with Crippen LogP contribution in [0.25, 0.3) is 6.08 Å². The third-order valence-corrected chi connectivity index (χ3v) is 1.70. The third kappa shape index (κ3) is 3.79. The maximum absolute atomic E-state index is 10.5. The first kappa shape index (κ1) is 11.7. The van der Waals surface area contributed by atoms with Crippen molar-refractivity contribution in [3.05, 3.63) is 52.1 Å². The SMILES string of the molecule is NC(=O)OC(/C=C/c1ccccc1)[N+](=O)[O-]. The zero-order valence-corrected chi connectivity index (χ0v) is 8.28. The van der Waals surface area contributed by atoms with Crippen molar-refractivity contribution < 1.29 is 14.5 Å². The number of hydrogen-bond donors (Lipinski definition) is 1. The average Bonchev–Trinajstić information content (AvgIpc) is 2.25. The van der Waals surface area contributed by atoms with E-state index in [-0.39, 0.29) is 0 Å². The molecule has 6 nitrogen and oxygen atoms in total. The van der Waals surface area contributed by atoms with Crippen molar-refractivity contribution >= 4 is 12.2 Å². The second-order valence-electron chi connectivity index (χ2n) is 2.88. The van der Waals surface area contributed by atoms with Gasteiger partial charge >= 0.3 is 12.3 Å². The smallest absolute Gasteiger partial charge is 0.378 e. The van der Waals surface area contributed by atoms with Gasteiger partial charge in [0.15, 0.2) is 0 Å². The Morgan fingerprint density at radius 2 is 2.06 bits per heavy atom. The molecule has 1 unspecified atom stereocenters. The normalized spacial score (nSPS) is 12.2. The van der Waals surface area contributed by atoms with E-state index in [0.29, 0.717) is 0 Å². The van der Waals surface area contributed by atoms with Crippen molar-refractivity contribution in [1.82, 2.24) is 0 Å². The Kier molecular flexibility index (Phi) is 4.02. The molecule has 0 fully saturated rings. The van der Waals surface area contributed by atoms with Gasteiger partial charge < -0.3 is 10.5 Å². The van der Waals surface area contributed by atoms with Gasteiger partial charge in [-0.3, -0.25) is 10.1 Å². The van der Waals surface area contributed by atoms with Crippen LogP contribution in [-0.4, -0.2) is 17.2 Å². The minimum absolute atomic E-state index is 0.746. The van der Waals surface area contributed by atoms with Gasteiger partial charge in [0.2, 0.25) is 0 Å². The molecule has 0 bridgehead atoms. The summed E-state index contributed by atoms with van der Waals surface area (Å²) in [5, 5.41) is 10.5. The number of benzene rings is 1. The summed E-state index contributed by atoms with van der Waals surface area (Å²) in [6.07, 6.45) is -0.103. The molecule has 84 valence electrons. The first-order valence-corrected chi connectivity index (χ1v) is 4.42. The molecule has 1 aromatic carbocycles. The molecule has 1 amide bonds. The highest BCUT2D eigenvalue weighted by molar-refractivity contribution is 5.65. The highest BCUT2D eigenvalue weighted by Gasteiger charge is 2.19. The molecule has 2 N–H and O–H groups in total. The van der Waals surface area contributed by atoms with Crippen molar-refractivity contribution in [1.29, 1.82) is 0 Å². The highest BCUT2D eigenvalue weighted by atomic mass is 16.7. The molecule has 0 aromatic heterocycles. The number of carbonyl (C=O) groups is 1. The molecule has 0 saturated heterocycles. The number of carbonyl (C=O) groups excluding carboxylic acids is 1. The lowest BCUT2D eigenvalue weighted by atomic mass is 10.2. The van der Waals surface area contributed by atoms with Crippen LogP contribution in [-0.2, 0) is 4.74 Å². The van der Waals surface area contributed by atoms with Gasteiger partial charge in [-0.2, -0.15) is 0 Å². The molecular weight excluding hydrogens is 212 g/mol. The summed E-state index contributed by atoms with van der Waals surface area (Å²) in [6.45, 7) is 0. The first-order chi connectivity index (χ1) is 7.59. The van der Waals surface area contributed by atoms with Crippen molar-refractivity contribution in [3.63, 3.8) is 0 Å². The fourth-order valence-corrected chi connectivity index (χ4v) is 1.03. The van der Waals surface area contributed by atoms with Gasteiger partial charge in [-0.05, 0) is 11.6 Å². The zero-order chi connectivity index (χ0) is 12.0. The topological polar surface area (TPSA) is 95.5 Å². The lowest BCUT2D eigenvalue weighted by molar-refractivity contribution is -0.551. The van der Waals surface area contributed by atoms with Gasteiger partial charge in [-0.1, -0.05) is 30.3 Å². The number of rotatable bonds is 4. The summed E-state index contributed by atoms with van der Waals surface area (Å²) < 4.78 is 4.29. The number of ether oxygens (including phenoxy) is 1. The van der Waals surface area contributed by atoms with E-state index in [1.165, 1.54) is 6.08 Å². The summed E-state index contributed by atoms with van der Waals surface area (Å²) in [6, 6.07) is 8.92. The van der Waals surface area contributed by atoms with E-state index in [2.05, 4.69) is 4.74 Å². The Bertz CT molecular complexity index is 403. The quantitative estimate of drug-likeness (QED) is 0.473. The lowest BCUT2D eigenvalue weighted by Crippen LogP contribution is -2.27. The van der Waals surface area contributed by atoms with Crippen LogP contribution >= 0.6 is 0 Å². The van der Waals surface area contributed by atoms with E-state index in [1.807, 2.05) is 6.07 Å². The second-order valence-corrected chi connectivity index (χ2v) is 2.88. The highest BCUT2D eigenvalue weighted by Crippen LogP contribution is 2.04. The summed E-state index contributed by atoms with van der Waals surface area (Å²) in [7, 11) is 0. The van der Waals surface area contributed by atoms with Crippen LogP contribution < -0.4 is 5.73 Å². The number of hydrogen-bond acceptors (Lipinski definition) is 4. The molecule has 0 saturated carbocycles. The molecule has 1 atom stereocenters. The van der Waals surface area contributed by atoms with Crippen LogP contribution in [0.2, 0.25) is 0 Å². The van der Waals surface area contributed by atoms with Crippen LogP contribution in [0.5, 0.6) is 0 Å². The van der Waals surface area contributed by atoms with Gasteiger partial charge in [0.05, 0.1) is 4.92 Å². The van der Waals surface area contributed by atoms with Crippen molar-refractivity contribution in [2.24, 2.45) is 5.73 Å². The van der Waals surface area contributed by atoms with Crippen LogP contribution in [0.15, 0.2) is 36.4 Å². The van der Waals surface area contributed by atoms with E-state index >= 15 is 0 Å². The maximum Gasteiger partial charge on any atom is 0.409 e. The van der Waals surface area contributed by atoms with Crippen LogP contribution in [0.4, 0.5) is 4.79 Å². The number of nitrogens with zero attached hydrogens (tertiary/aromatic N) is 1. The summed E-state index contributed by atoms with van der Waals surface area (Å²) in [5.74, 6) is 0. The standard InChI is InChI=1S/C10H10N2O4/c11-10(13)16-9(12(14)15)7-6-8-4-2-1-3-5-8/h1-7,9H,(H2,11,13)/b7-6+. The van der Waals surface area contributed by atoms with Gasteiger partial charge in [-0.15, -0.1) is 0 Å². The summed E-state index contributed by atoms with van der Waals surface area (Å²) in [5.41, 5.74) is 5.47. The van der Waals surface area contributed by atoms with Crippen LogP contribution in [0.3, 0.4) is 0 Å². The largest absolute Gasteiger partial charge is 0.409 e. The Morgan fingerprint density at radius 3 is 2.56 bits per heavy atom. The van der Waals surface area contributed by atoms with Gasteiger partial charge in [0.25, 0.3) is 0 Å². The van der Waals surface area contributed by atoms with Crippen molar-refractivity contribution in [2.75, 3.05) is 0 Å². The predicted molar refractivity (Wildman–Crippen MR) is 56.9 cm³/mol. The monoisotopic (exact) mass is 222 g/mol. The lowest BCUT2D eigenvalue weighted by Gasteiger charge is -2.03. The van der Waals surface area contributed by atoms with Gasteiger partial charge in [-0.25, -0.2) is 4.79 Å². The Hall–Kier alpha value is -2.37. The van der Waals surface area contributed by atoms with E-state index in [0.717, 1.165) is 11.6 Å². The number of nitro groups is 1. The third-order valence-electron chi connectivity index (χ3n) is 1.70. The predicted octanol–water partition coefficient (Wildman–Crippen LogP) is 1.40. The Labute approximate surface area is 91.5 Å².